The van der Waals surface area contributed by atoms with E-state index in [9.17, 15) is 9.59 Å². The molecule has 0 fully saturated rings. The first-order valence-electron chi connectivity index (χ1n) is 8.45. The Morgan fingerprint density at radius 1 is 0.960 bits per heavy atom. The predicted molar refractivity (Wildman–Crippen MR) is 96.7 cm³/mol. The third kappa shape index (κ3) is 4.22. The van der Waals surface area contributed by atoms with Gasteiger partial charge in [0, 0.05) is 30.8 Å². The molecule has 1 heterocycles. The number of nitrogens with zero attached hydrogens (tertiary/aromatic N) is 1. The average molecular weight is 335 g/mol. The molecular weight excluding hydrogens is 314 g/mol. The second-order valence-electron chi connectivity index (χ2n) is 5.99. The highest BCUT2D eigenvalue weighted by Crippen LogP contribution is 2.15. The van der Waals surface area contributed by atoms with Gasteiger partial charge >= 0.3 is 5.97 Å². The van der Waals surface area contributed by atoms with E-state index >= 15 is 0 Å². The van der Waals surface area contributed by atoms with Crippen LogP contribution in [0.2, 0.25) is 0 Å². The van der Waals surface area contributed by atoms with Crippen LogP contribution >= 0.6 is 0 Å². The molecule has 0 spiro atoms. The van der Waals surface area contributed by atoms with Crippen molar-refractivity contribution in [1.82, 2.24) is 4.90 Å². The van der Waals surface area contributed by atoms with Crippen LogP contribution in [-0.2, 0) is 11.3 Å². The molecule has 0 aliphatic carbocycles. The van der Waals surface area contributed by atoms with E-state index in [-0.39, 0.29) is 5.78 Å². The fourth-order valence-electron chi connectivity index (χ4n) is 2.84. The molecule has 4 heteroatoms. The second kappa shape index (κ2) is 7.90. The van der Waals surface area contributed by atoms with Crippen LogP contribution in [0.25, 0.3) is 0 Å². The van der Waals surface area contributed by atoms with Crippen molar-refractivity contribution in [3.8, 4) is 0 Å². The minimum absolute atomic E-state index is 0.0967. The van der Waals surface area contributed by atoms with E-state index in [1.54, 1.807) is 31.2 Å². The Morgan fingerprint density at radius 2 is 1.64 bits per heavy atom. The van der Waals surface area contributed by atoms with Crippen LogP contribution in [0.4, 0.5) is 0 Å². The minimum atomic E-state index is -0.410. The lowest BCUT2D eigenvalue weighted by Gasteiger charge is -2.14. The van der Waals surface area contributed by atoms with Gasteiger partial charge in [-0.1, -0.05) is 48.6 Å². The van der Waals surface area contributed by atoms with E-state index in [2.05, 4.69) is 17.1 Å². The molecule has 0 atom stereocenters. The first-order chi connectivity index (χ1) is 12.2. The SMILES string of the molecule is CCOC(=O)c1cccc(C(=O)c2ccc(CN3CC=CC3)cc2)c1. The van der Waals surface area contributed by atoms with E-state index in [1.165, 1.54) is 5.56 Å². The maximum atomic E-state index is 12.7. The summed E-state index contributed by atoms with van der Waals surface area (Å²) in [4.78, 5) is 26.8. The maximum Gasteiger partial charge on any atom is 0.338 e. The largest absolute Gasteiger partial charge is 0.462 e. The highest BCUT2D eigenvalue weighted by Gasteiger charge is 2.13. The molecule has 1 aliphatic rings. The van der Waals surface area contributed by atoms with Crippen LogP contribution in [0.3, 0.4) is 0 Å². The van der Waals surface area contributed by atoms with Crippen molar-refractivity contribution in [3.63, 3.8) is 0 Å². The fourth-order valence-corrected chi connectivity index (χ4v) is 2.84. The van der Waals surface area contributed by atoms with Crippen molar-refractivity contribution in [2.45, 2.75) is 13.5 Å². The summed E-state index contributed by atoms with van der Waals surface area (Å²) in [6.07, 6.45) is 4.32. The number of hydrogen-bond donors (Lipinski definition) is 0. The van der Waals surface area contributed by atoms with Gasteiger partial charge in [-0.05, 0) is 24.6 Å². The molecule has 0 saturated heterocycles. The molecule has 128 valence electrons. The Kier molecular flexibility index (Phi) is 5.41. The molecule has 1 aliphatic heterocycles. The van der Waals surface area contributed by atoms with Crippen molar-refractivity contribution < 1.29 is 14.3 Å². The molecule has 4 nitrogen and oxygen atoms in total. The molecule has 0 N–H and O–H groups in total. The Hall–Kier alpha value is -2.72. The molecule has 0 aromatic heterocycles. The third-order valence-corrected chi connectivity index (χ3v) is 4.15. The fraction of sp³-hybridized carbons (Fsp3) is 0.238. The summed E-state index contributed by atoms with van der Waals surface area (Å²) in [7, 11) is 0. The normalized spacial score (nSPS) is 13.8. The van der Waals surface area contributed by atoms with Crippen LogP contribution in [0.15, 0.2) is 60.7 Å². The maximum absolute atomic E-state index is 12.7. The summed E-state index contributed by atoms with van der Waals surface area (Å²) in [5, 5.41) is 0. The second-order valence-corrected chi connectivity index (χ2v) is 5.99. The molecule has 25 heavy (non-hydrogen) atoms. The molecule has 0 unspecified atom stereocenters. The summed E-state index contributed by atoms with van der Waals surface area (Å²) >= 11 is 0. The topological polar surface area (TPSA) is 46.6 Å². The smallest absolute Gasteiger partial charge is 0.338 e. The lowest BCUT2D eigenvalue weighted by molar-refractivity contribution is 0.0526. The molecule has 0 amide bonds. The predicted octanol–water partition coefficient (Wildman–Crippen LogP) is 3.47. The molecule has 3 rings (SSSR count). The van der Waals surface area contributed by atoms with Crippen LogP contribution in [0, 0.1) is 0 Å². The molecule has 2 aromatic rings. The first-order valence-corrected chi connectivity index (χ1v) is 8.45. The Morgan fingerprint density at radius 3 is 2.32 bits per heavy atom. The van der Waals surface area contributed by atoms with Gasteiger partial charge in [0.25, 0.3) is 0 Å². The molecule has 0 saturated carbocycles. The number of carbonyl (C=O) groups excluding carboxylic acids is 2. The van der Waals surface area contributed by atoms with Crippen LogP contribution in [0.5, 0.6) is 0 Å². The monoisotopic (exact) mass is 335 g/mol. The van der Waals surface area contributed by atoms with E-state index in [1.807, 2.05) is 24.3 Å². The van der Waals surface area contributed by atoms with Crippen LogP contribution < -0.4 is 0 Å². The van der Waals surface area contributed by atoms with E-state index in [0.29, 0.717) is 23.3 Å². The van der Waals surface area contributed by atoms with E-state index in [4.69, 9.17) is 4.74 Å². The number of ketones is 1. The zero-order valence-corrected chi connectivity index (χ0v) is 14.3. The minimum Gasteiger partial charge on any atom is -0.462 e. The number of ether oxygens (including phenoxy) is 1. The van der Waals surface area contributed by atoms with Crippen molar-refractivity contribution in [2.75, 3.05) is 19.7 Å². The van der Waals surface area contributed by atoms with Gasteiger partial charge in [0.2, 0.25) is 0 Å². The van der Waals surface area contributed by atoms with Gasteiger partial charge in [-0.2, -0.15) is 0 Å². The van der Waals surface area contributed by atoms with Gasteiger partial charge in [0.15, 0.2) is 5.78 Å². The van der Waals surface area contributed by atoms with Crippen molar-refractivity contribution in [3.05, 3.63) is 82.9 Å². The Labute approximate surface area is 147 Å². The van der Waals surface area contributed by atoms with Gasteiger partial charge in [-0.15, -0.1) is 0 Å². The zero-order chi connectivity index (χ0) is 17.6. The van der Waals surface area contributed by atoms with Crippen LogP contribution in [0.1, 0.15) is 38.8 Å². The first kappa shape index (κ1) is 17.1. The van der Waals surface area contributed by atoms with E-state index < -0.39 is 5.97 Å². The summed E-state index contributed by atoms with van der Waals surface area (Å²) in [5.74, 6) is -0.507. The van der Waals surface area contributed by atoms with Gasteiger partial charge in [-0.3, -0.25) is 9.69 Å². The van der Waals surface area contributed by atoms with Gasteiger partial charge < -0.3 is 4.74 Å². The number of benzene rings is 2. The molecule has 0 bridgehead atoms. The standard InChI is InChI=1S/C21H21NO3/c1-2-25-21(24)19-7-5-6-18(14-19)20(23)17-10-8-16(9-11-17)15-22-12-3-4-13-22/h3-11,14H,2,12-13,15H2,1H3. The lowest BCUT2D eigenvalue weighted by atomic mass is 10.00. The molecule has 2 aromatic carbocycles. The third-order valence-electron chi connectivity index (χ3n) is 4.15. The van der Waals surface area contributed by atoms with Crippen molar-refractivity contribution >= 4 is 11.8 Å². The van der Waals surface area contributed by atoms with Gasteiger partial charge in [-0.25, -0.2) is 4.79 Å². The summed E-state index contributed by atoms with van der Waals surface area (Å²) in [5.41, 5.74) is 2.68. The van der Waals surface area contributed by atoms with Gasteiger partial charge in [0.1, 0.15) is 0 Å². The van der Waals surface area contributed by atoms with Crippen molar-refractivity contribution in [2.24, 2.45) is 0 Å². The zero-order valence-electron chi connectivity index (χ0n) is 14.3. The lowest BCUT2D eigenvalue weighted by Crippen LogP contribution is -2.19. The number of rotatable bonds is 6. The van der Waals surface area contributed by atoms with Crippen LogP contribution in [-0.4, -0.2) is 36.3 Å². The molecule has 0 radical (unpaired) electrons. The number of hydrogen-bond acceptors (Lipinski definition) is 4. The molecular formula is C21H21NO3. The van der Waals surface area contributed by atoms with E-state index in [0.717, 1.165) is 19.6 Å². The summed E-state index contributed by atoms with van der Waals surface area (Å²) in [6, 6.07) is 14.3. The summed E-state index contributed by atoms with van der Waals surface area (Å²) < 4.78 is 4.99. The summed E-state index contributed by atoms with van der Waals surface area (Å²) in [6.45, 7) is 4.89. The highest BCUT2D eigenvalue weighted by molar-refractivity contribution is 6.10. The van der Waals surface area contributed by atoms with Crippen molar-refractivity contribution in [1.29, 1.82) is 0 Å². The Balaban J connectivity index is 1.72. The number of esters is 1. The highest BCUT2D eigenvalue weighted by atomic mass is 16.5. The Bertz CT molecular complexity index is 785. The van der Waals surface area contributed by atoms with Gasteiger partial charge in [0.05, 0.1) is 12.2 Å². The average Bonchev–Trinajstić information content (AvgIpc) is 3.15. The quantitative estimate of drug-likeness (QED) is 0.461. The number of carbonyl (C=O) groups is 2.